The molecule has 4 heteroatoms. The summed E-state index contributed by atoms with van der Waals surface area (Å²) < 4.78 is 0. The molecule has 1 aliphatic carbocycles. The second-order valence-electron chi connectivity index (χ2n) is 4.05. The van der Waals surface area contributed by atoms with Gasteiger partial charge in [-0.1, -0.05) is 17.7 Å². The van der Waals surface area contributed by atoms with Crippen LogP contribution in [0.15, 0.2) is 18.2 Å². The zero-order chi connectivity index (χ0) is 11.1. The Bertz CT molecular complexity index is 419. The molecule has 0 saturated carbocycles. The van der Waals surface area contributed by atoms with Crippen LogP contribution in [-0.4, -0.2) is 16.6 Å². The van der Waals surface area contributed by atoms with Crippen molar-refractivity contribution in [1.29, 1.82) is 0 Å². The van der Waals surface area contributed by atoms with Gasteiger partial charge >= 0.3 is 5.97 Å². The van der Waals surface area contributed by atoms with E-state index >= 15 is 0 Å². The summed E-state index contributed by atoms with van der Waals surface area (Å²) in [5.41, 5.74) is 6.82. The summed E-state index contributed by atoms with van der Waals surface area (Å²) in [6, 6.07) is 5.52. The zero-order valence-electron chi connectivity index (χ0n) is 8.16. The van der Waals surface area contributed by atoms with Crippen LogP contribution in [0, 0.1) is 0 Å². The van der Waals surface area contributed by atoms with E-state index in [4.69, 9.17) is 22.4 Å². The fourth-order valence-electron chi connectivity index (χ4n) is 1.97. The Balaban J connectivity index is 2.35. The summed E-state index contributed by atoms with van der Waals surface area (Å²) in [7, 11) is 0. The topological polar surface area (TPSA) is 63.3 Å². The predicted octanol–water partition coefficient (Wildman–Crippen LogP) is 1.61. The second kappa shape index (κ2) is 3.51. The highest BCUT2D eigenvalue weighted by atomic mass is 35.5. The SMILES string of the molecule is N[C@]1(C(=O)O)CCc2cc(Cl)ccc2C1. The van der Waals surface area contributed by atoms with Crippen LogP contribution in [0.5, 0.6) is 0 Å². The Kier molecular flexibility index (Phi) is 2.44. The van der Waals surface area contributed by atoms with E-state index in [1.165, 1.54) is 0 Å². The number of aliphatic carboxylic acids is 1. The Labute approximate surface area is 92.8 Å². The lowest BCUT2D eigenvalue weighted by atomic mass is 9.79. The molecule has 3 N–H and O–H groups in total. The van der Waals surface area contributed by atoms with Crippen molar-refractivity contribution in [2.24, 2.45) is 5.73 Å². The minimum Gasteiger partial charge on any atom is -0.480 e. The normalized spacial score (nSPS) is 24.7. The van der Waals surface area contributed by atoms with Crippen LogP contribution >= 0.6 is 11.6 Å². The first-order chi connectivity index (χ1) is 7.01. The lowest BCUT2D eigenvalue weighted by molar-refractivity contribution is -0.143. The van der Waals surface area contributed by atoms with E-state index in [2.05, 4.69) is 0 Å². The van der Waals surface area contributed by atoms with Gasteiger partial charge in [-0.3, -0.25) is 4.79 Å². The van der Waals surface area contributed by atoms with Gasteiger partial charge in [-0.2, -0.15) is 0 Å². The average Bonchev–Trinajstić information content (AvgIpc) is 2.18. The molecule has 0 unspecified atom stereocenters. The zero-order valence-corrected chi connectivity index (χ0v) is 8.92. The van der Waals surface area contributed by atoms with Crippen molar-refractivity contribution >= 4 is 17.6 Å². The van der Waals surface area contributed by atoms with Crippen LogP contribution in [-0.2, 0) is 17.6 Å². The van der Waals surface area contributed by atoms with E-state index in [1.54, 1.807) is 6.07 Å². The number of nitrogens with two attached hydrogens (primary N) is 1. The minimum absolute atomic E-state index is 0.384. The minimum atomic E-state index is -1.11. The van der Waals surface area contributed by atoms with Crippen molar-refractivity contribution < 1.29 is 9.90 Å². The first-order valence-corrected chi connectivity index (χ1v) is 5.19. The van der Waals surface area contributed by atoms with Gasteiger partial charge in [0, 0.05) is 11.4 Å². The van der Waals surface area contributed by atoms with Crippen molar-refractivity contribution in [3.8, 4) is 0 Å². The van der Waals surface area contributed by atoms with Gasteiger partial charge in [-0.15, -0.1) is 0 Å². The Morgan fingerprint density at radius 1 is 1.47 bits per heavy atom. The number of carboxylic acids is 1. The molecule has 0 fully saturated rings. The summed E-state index contributed by atoms with van der Waals surface area (Å²) in [5.74, 6) is -0.928. The number of hydrogen-bond donors (Lipinski definition) is 2. The summed E-state index contributed by atoms with van der Waals surface area (Å²) in [6.07, 6.45) is 1.53. The lowest BCUT2D eigenvalue weighted by Crippen LogP contribution is -2.52. The number of hydrogen-bond acceptors (Lipinski definition) is 2. The van der Waals surface area contributed by atoms with Crippen LogP contribution in [0.4, 0.5) is 0 Å². The number of carbonyl (C=O) groups is 1. The maximum absolute atomic E-state index is 11.0. The molecule has 0 heterocycles. The first kappa shape index (κ1) is 10.5. The van der Waals surface area contributed by atoms with Crippen molar-refractivity contribution in [3.05, 3.63) is 34.3 Å². The highest BCUT2D eigenvalue weighted by Gasteiger charge is 2.37. The highest BCUT2D eigenvalue weighted by Crippen LogP contribution is 2.29. The van der Waals surface area contributed by atoms with E-state index in [9.17, 15) is 4.79 Å². The standard InChI is InChI=1S/C11H12ClNO2/c12-9-2-1-8-6-11(13,10(14)15)4-3-7(8)5-9/h1-2,5H,3-4,6,13H2,(H,14,15)/t11-/m1/s1. The van der Waals surface area contributed by atoms with Crippen LogP contribution in [0.3, 0.4) is 0 Å². The quantitative estimate of drug-likeness (QED) is 0.763. The van der Waals surface area contributed by atoms with E-state index in [0.29, 0.717) is 24.3 Å². The van der Waals surface area contributed by atoms with Crippen molar-refractivity contribution in [3.63, 3.8) is 0 Å². The molecule has 1 aromatic rings. The third-order valence-electron chi connectivity index (χ3n) is 2.94. The van der Waals surface area contributed by atoms with E-state index in [1.807, 2.05) is 12.1 Å². The molecule has 0 spiro atoms. The first-order valence-electron chi connectivity index (χ1n) is 4.81. The molecule has 1 atom stereocenters. The molecule has 2 rings (SSSR count). The maximum atomic E-state index is 11.0. The van der Waals surface area contributed by atoms with Gasteiger partial charge in [-0.25, -0.2) is 0 Å². The molecule has 0 amide bonds. The number of carboxylic acid groups (broad SMARTS) is 1. The fraction of sp³-hybridized carbons (Fsp3) is 0.364. The van der Waals surface area contributed by atoms with Crippen LogP contribution in [0.1, 0.15) is 17.5 Å². The van der Waals surface area contributed by atoms with Gasteiger partial charge in [0.2, 0.25) is 0 Å². The molecular weight excluding hydrogens is 214 g/mol. The molecule has 15 heavy (non-hydrogen) atoms. The molecule has 0 aromatic heterocycles. The molecule has 80 valence electrons. The van der Waals surface area contributed by atoms with Crippen molar-refractivity contribution in [2.75, 3.05) is 0 Å². The van der Waals surface area contributed by atoms with Crippen LogP contribution in [0.25, 0.3) is 0 Å². The maximum Gasteiger partial charge on any atom is 0.324 e. The summed E-state index contributed by atoms with van der Waals surface area (Å²) in [5, 5.41) is 9.72. The van der Waals surface area contributed by atoms with E-state index < -0.39 is 11.5 Å². The van der Waals surface area contributed by atoms with Gasteiger partial charge in [0.1, 0.15) is 5.54 Å². The van der Waals surface area contributed by atoms with Crippen LogP contribution < -0.4 is 5.73 Å². The van der Waals surface area contributed by atoms with Crippen molar-refractivity contribution in [1.82, 2.24) is 0 Å². The highest BCUT2D eigenvalue weighted by molar-refractivity contribution is 6.30. The molecule has 0 bridgehead atoms. The summed E-state index contributed by atoms with van der Waals surface area (Å²) in [4.78, 5) is 11.0. The molecule has 1 aromatic carbocycles. The monoisotopic (exact) mass is 225 g/mol. The van der Waals surface area contributed by atoms with Crippen molar-refractivity contribution in [2.45, 2.75) is 24.8 Å². The second-order valence-corrected chi connectivity index (χ2v) is 4.49. The van der Waals surface area contributed by atoms with E-state index in [0.717, 1.165) is 11.1 Å². The van der Waals surface area contributed by atoms with Gasteiger partial charge in [0.15, 0.2) is 0 Å². The lowest BCUT2D eigenvalue weighted by Gasteiger charge is -2.30. The third-order valence-corrected chi connectivity index (χ3v) is 3.18. The molecule has 0 saturated heterocycles. The Morgan fingerprint density at radius 2 is 2.20 bits per heavy atom. The third kappa shape index (κ3) is 1.85. The average molecular weight is 226 g/mol. The summed E-state index contributed by atoms with van der Waals surface area (Å²) >= 11 is 5.86. The number of aryl methyl sites for hydroxylation is 1. The number of fused-ring (bicyclic) bond motifs is 1. The predicted molar refractivity (Wildman–Crippen MR) is 58.0 cm³/mol. The molecule has 0 radical (unpaired) electrons. The van der Waals surface area contributed by atoms with E-state index in [-0.39, 0.29) is 0 Å². The smallest absolute Gasteiger partial charge is 0.324 e. The largest absolute Gasteiger partial charge is 0.480 e. The molecule has 0 aliphatic heterocycles. The Hall–Kier alpha value is -1.06. The van der Waals surface area contributed by atoms with Gasteiger partial charge in [-0.05, 0) is 36.1 Å². The molecular formula is C11H12ClNO2. The number of rotatable bonds is 1. The van der Waals surface area contributed by atoms with Gasteiger partial charge < -0.3 is 10.8 Å². The van der Waals surface area contributed by atoms with Gasteiger partial charge in [0.25, 0.3) is 0 Å². The number of benzene rings is 1. The van der Waals surface area contributed by atoms with Crippen LogP contribution in [0.2, 0.25) is 5.02 Å². The Morgan fingerprint density at radius 3 is 2.87 bits per heavy atom. The van der Waals surface area contributed by atoms with Gasteiger partial charge in [0.05, 0.1) is 0 Å². The molecule has 1 aliphatic rings. The fourth-order valence-corrected chi connectivity index (χ4v) is 2.16. The molecule has 3 nitrogen and oxygen atoms in total. The number of halogens is 1. The summed E-state index contributed by atoms with van der Waals surface area (Å²) in [6.45, 7) is 0.